The van der Waals surface area contributed by atoms with Crippen LogP contribution in [0.2, 0.25) is 0 Å². The van der Waals surface area contributed by atoms with Gasteiger partial charge in [0, 0.05) is 62.5 Å². The van der Waals surface area contributed by atoms with Gasteiger partial charge in [-0.25, -0.2) is 8.42 Å². The Morgan fingerprint density at radius 3 is 2.62 bits per heavy atom. The number of carbonyl (C=O) groups excluding carboxylic acids is 2. The first-order valence-corrected chi connectivity index (χ1v) is 15.3. The second-order valence-corrected chi connectivity index (χ2v) is 12.6. The molecule has 11 nitrogen and oxygen atoms in total. The van der Waals surface area contributed by atoms with Crippen molar-refractivity contribution in [1.82, 2.24) is 14.8 Å². The van der Waals surface area contributed by atoms with Crippen LogP contribution in [0.3, 0.4) is 0 Å². The van der Waals surface area contributed by atoms with Crippen LogP contribution in [0.4, 0.5) is 11.4 Å². The van der Waals surface area contributed by atoms with Crippen molar-refractivity contribution < 1.29 is 27.9 Å². The molecule has 1 fully saturated rings. The highest BCUT2D eigenvalue weighted by Crippen LogP contribution is 2.39. The fourth-order valence-corrected chi connectivity index (χ4v) is 7.35. The van der Waals surface area contributed by atoms with Gasteiger partial charge in [0.2, 0.25) is 0 Å². The van der Waals surface area contributed by atoms with E-state index in [1.807, 2.05) is 13.1 Å². The number of benzene rings is 2. The Kier molecular flexibility index (Phi) is 7.29. The van der Waals surface area contributed by atoms with E-state index in [1.54, 1.807) is 42.5 Å². The van der Waals surface area contributed by atoms with E-state index in [2.05, 4.69) is 15.2 Å². The van der Waals surface area contributed by atoms with E-state index in [-0.39, 0.29) is 35.3 Å². The Morgan fingerprint density at radius 2 is 1.88 bits per heavy atom. The second-order valence-electron chi connectivity index (χ2n) is 10.7. The van der Waals surface area contributed by atoms with Crippen molar-refractivity contribution in [2.45, 2.75) is 17.7 Å². The van der Waals surface area contributed by atoms with Crippen molar-refractivity contribution in [2.24, 2.45) is 0 Å². The van der Waals surface area contributed by atoms with E-state index in [9.17, 15) is 23.1 Å². The lowest BCUT2D eigenvalue weighted by Gasteiger charge is -2.32. The quantitative estimate of drug-likeness (QED) is 0.359. The minimum atomic E-state index is -3.92. The Morgan fingerprint density at radius 1 is 1.10 bits per heavy atom. The summed E-state index contributed by atoms with van der Waals surface area (Å²) < 4.78 is 34.2. The second kappa shape index (κ2) is 10.9. The third kappa shape index (κ3) is 4.85. The van der Waals surface area contributed by atoms with Crippen molar-refractivity contribution >= 4 is 44.9 Å². The van der Waals surface area contributed by atoms with Crippen molar-refractivity contribution in [2.75, 3.05) is 63.1 Å². The monoisotopic (exact) mass is 591 g/mol. The molecule has 42 heavy (non-hydrogen) atoms. The van der Waals surface area contributed by atoms with Gasteiger partial charge in [-0.3, -0.25) is 13.9 Å². The largest absolute Gasteiger partial charge is 0.497 e. The summed E-state index contributed by atoms with van der Waals surface area (Å²) in [5.74, 6) is 0.165. The molecule has 3 aliphatic rings. The molecular weight excluding hydrogens is 558 g/mol. The molecular formula is C30H33N5O6S. The molecule has 2 amide bonds. The SMILES string of the molecule is COc1ccc2c(c1)CCN2S(=O)(=O)c1ccc2c(c1)C(=Cc1[nH]cc(C(=O)N3CCN(C)CC3)c1CCO)C(=O)N2. The van der Waals surface area contributed by atoms with Crippen LogP contribution in [0.1, 0.15) is 32.7 Å². The molecule has 0 spiro atoms. The van der Waals surface area contributed by atoms with Crippen molar-refractivity contribution in [3.05, 3.63) is 70.5 Å². The van der Waals surface area contributed by atoms with Gasteiger partial charge in [0.1, 0.15) is 5.75 Å². The van der Waals surface area contributed by atoms with Gasteiger partial charge < -0.3 is 29.9 Å². The summed E-state index contributed by atoms with van der Waals surface area (Å²) in [6.07, 6.45) is 4.03. The summed E-state index contributed by atoms with van der Waals surface area (Å²) >= 11 is 0. The Balaban J connectivity index is 1.34. The first kappa shape index (κ1) is 28.0. The molecule has 0 saturated carbocycles. The van der Waals surface area contributed by atoms with E-state index in [4.69, 9.17) is 4.74 Å². The molecule has 1 aromatic heterocycles. The van der Waals surface area contributed by atoms with Crippen LogP contribution in [0.5, 0.6) is 5.75 Å². The fourth-order valence-electron chi connectivity index (χ4n) is 5.82. The number of amides is 2. The van der Waals surface area contributed by atoms with Crippen LogP contribution in [0, 0.1) is 0 Å². The van der Waals surface area contributed by atoms with Crippen LogP contribution in [0.15, 0.2) is 47.5 Å². The maximum Gasteiger partial charge on any atom is 0.264 e. The molecule has 1 saturated heterocycles. The molecule has 0 radical (unpaired) electrons. The van der Waals surface area contributed by atoms with Crippen LogP contribution >= 0.6 is 0 Å². The predicted octanol–water partition coefficient (Wildman–Crippen LogP) is 2.19. The standard InChI is InChI=1S/C30H33N5O6S/c1-33-10-12-34(13-11-33)30(38)25-18-31-27(22(25)8-14-36)17-24-23-16-21(4-5-26(23)32-29(24)37)42(39,40)35-9-7-19-15-20(41-2)3-6-28(19)35/h3-6,15-18,31,36H,7-14H2,1-2H3,(H,32,37). The average Bonchev–Trinajstić information content (AvgIpc) is 3.68. The summed E-state index contributed by atoms with van der Waals surface area (Å²) in [6, 6.07) is 9.94. The molecule has 12 heteroatoms. The summed E-state index contributed by atoms with van der Waals surface area (Å²) in [4.78, 5) is 33.6. The van der Waals surface area contributed by atoms with Gasteiger partial charge >= 0.3 is 0 Å². The lowest BCUT2D eigenvalue weighted by molar-refractivity contribution is -0.110. The van der Waals surface area contributed by atoms with Crippen molar-refractivity contribution in [1.29, 1.82) is 0 Å². The first-order chi connectivity index (χ1) is 20.2. The minimum Gasteiger partial charge on any atom is -0.497 e. The molecule has 0 bridgehead atoms. The molecule has 4 heterocycles. The number of aromatic amines is 1. The third-order valence-corrected chi connectivity index (χ3v) is 10.0. The van der Waals surface area contributed by atoms with E-state index in [1.165, 1.54) is 16.4 Å². The highest BCUT2D eigenvalue weighted by atomic mass is 32.2. The Bertz CT molecular complexity index is 1700. The van der Waals surface area contributed by atoms with Gasteiger partial charge in [0.25, 0.3) is 21.8 Å². The zero-order chi connectivity index (χ0) is 29.6. The van der Waals surface area contributed by atoms with Crippen LogP contribution in [-0.4, -0.2) is 93.6 Å². The number of hydrogen-bond donors (Lipinski definition) is 3. The summed E-state index contributed by atoms with van der Waals surface area (Å²) in [5, 5.41) is 12.6. The zero-order valence-electron chi connectivity index (χ0n) is 23.5. The van der Waals surface area contributed by atoms with Crippen molar-refractivity contribution in [3.63, 3.8) is 0 Å². The molecule has 3 N–H and O–H groups in total. The fraction of sp³-hybridized carbons (Fsp3) is 0.333. The van der Waals surface area contributed by atoms with Crippen molar-refractivity contribution in [3.8, 4) is 5.75 Å². The van der Waals surface area contributed by atoms with Crippen LogP contribution in [-0.2, 0) is 27.7 Å². The zero-order valence-corrected chi connectivity index (χ0v) is 24.3. The minimum absolute atomic E-state index is 0.0697. The number of piperazine rings is 1. The third-order valence-electron chi connectivity index (χ3n) is 8.20. The lowest BCUT2D eigenvalue weighted by atomic mass is 10.0. The molecule has 220 valence electrons. The van der Waals surface area contributed by atoms with Crippen LogP contribution < -0.4 is 14.4 Å². The highest BCUT2D eigenvalue weighted by Gasteiger charge is 2.34. The number of hydrogen-bond acceptors (Lipinski definition) is 7. The predicted molar refractivity (Wildman–Crippen MR) is 159 cm³/mol. The number of H-pyrrole nitrogens is 1. The van der Waals surface area contributed by atoms with E-state index >= 15 is 0 Å². The molecule has 6 rings (SSSR count). The molecule has 0 unspecified atom stereocenters. The molecule has 0 atom stereocenters. The number of rotatable bonds is 7. The molecule has 0 aliphatic carbocycles. The average molecular weight is 592 g/mol. The maximum atomic E-state index is 13.8. The number of aliphatic hydroxyl groups excluding tert-OH is 1. The molecule has 3 aliphatic heterocycles. The number of methoxy groups -OCH3 is 1. The van der Waals surface area contributed by atoms with E-state index < -0.39 is 10.0 Å². The summed E-state index contributed by atoms with van der Waals surface area (Å²) in [5.41, 5.74) is 4.32. The van der Waals surface area contributed by atoms with Crippen LogP contribution in [0.25, 0.3) is 11.6 Å². The highest BCUT2D eigenvalue weighted by molar-refractivity contribution is 7.92. The number of ether oxygens (including phenoxy) is 1. The van der Waals surface area contributed by atoms with Gasteiger partial charge in [-0.1, -0.05) is 0 Å². The number of nitrogens with one attached hydrogen (secondary N) is 2. The smallest absolute Gasteiger partial charge is 0.264 e. The first-order valence-electron chi connectivity index (χ1n) is 13.9. The van der Waals surface area contributed by atoms with E-state index in [0.717, 1.165) is 18.7 Å². The number of likely N-dealkylation sites (N-methyl/N-ethyl adjacent to an activating group) is 1. The molecule has 3 aromatic rings. The van der Waals surface area contributed by atoms with Gasteiger partial charge in [0.05, 0.1) is 28.8 Å². The normalized spacial score (nSPS) is 17.9. The Hall–Kier alpha value is -4.13. The number of aromatic nitrogens is 1. The number of carbonyl (C=O) groups is 2. The van der Waals surface area contributed by atoms with Gasteiger partial charge in [-0.05, 0) is 73.5 Å². The van der Waals surface area contributed by atoms with Gasteiger partial charge in [0.15, 0.2) is 0 Å². The topological polar surface area (TPSA) is 135 Å². The number of nitrogens with zero attached hydrogens (tertiary/aromatic N) is 3. The maximum absolute atomic E-state index is 13.8. The summed E-state index contributed by atoms with van der Waals surface area (Å²) in [7, 11) is -0.328. The number of sulfonamides is 1. The van der Waals surface area contributed by atoms with Gasteiger partial charge in [-0.15, -0.1) is 0 Å². The van der Waals surface area contributed by atoms with E-state index in [0.29, 0.717) is 65.6 Å². The molecule has 2 aromatic carbocycles. The van der Waals surface area contributed by atoms with Gasteiger partial charge in [-0.2, -0.15) is 0 Å². The lowest BCUT2D eigenvalue weighted by Crippen LogP contribution is -2.47. The summed E-state index contributed by atoms with van der Waals surface area (Å²) in [6.45, 7) is 2.91. The number of aliphatic hydroxyl groups is 1. The number of fused-ring (bicyclic) bond motifs is 2. The Labute approximate surface area is 244 Å². The number of anilines is 2.